The predicted molar refractivity (Wildman–Crippen MR) is 334 cm³/mol. The second-order valence-corrected chi connectivity index (χ2v) is 19.8. The van der Waals surface area contributed by atoms with Gasteiger partial charge in [-0.1, -0.05) is 249 Å². The van der Waals surface area contributed by atoms with Gasteiger partial charge < -0.3 is 14.2 Å². The zero-order valence-electron chi connectivity index (χ0n) is 49.4. The molecule has 0 N–H and O–H groups in total. The summed E-state index contributed by atoms with van der Waals surface area (Å²) in [7, 11) is 0. The Bertz CT molecular complexity index is 1740. The molecule has 6 nitrogen and oxygen atoms in total. The molecule has 1 atom stereocenters. The van der Waals surface area contributed by atoms with E-state index in [4.69, 9.17) is 14.2 Å². The highest BCUT2D eigenvalue weighted by atomic mass is 16.6. The highest BCUT2D eigenvalue weighted by Crippen LogP contribution is 2.14. The van der Waals surface area contributed by atoms with Gasteiger partial charge in [-0.25, -0.2) is 0 Å². The van der Waals surface area contributed by atoms with E-state index < -0.39 is 6.10 Å². The van der Waals surface area contributed by atoms with Crippen LogP contribution in [0.4, 0.5) is 0 Å². The van der Waals surface area contributed by atoms with E-state index in [0.717, 1.165) is 161 Å². The second kappa shape index (κ2) is 63.6. The zero-order chi connectivity index (χ0) is 55.7. The Balaban J connectivity index is 4.46. The number of carbonyl (C=O) groups is 3. The summed E-state index contributed by atoms with van der Waals surface area (Å²) in [6.07, 6.45) is 92.4. The number of allylic oxidation sites excluding steroid dienone is 26. The molecule has 0 saturated carbocycles. The van der Waals surface area contributed by atoms with Crippen LogP contribution in [0.5, 0.6) is 0 Å². The van der Waals surface area contributed by atoms with Gasteiger partial charge in [0.05, 0.1) is 0 Å². The maximum absolute atomic E-state index is 12.9. The van der Waals surface area contributed by atoms with Gasteiger partial charge in [-0.2, -0.15) is 0 Å². The molecule has 0 bridgehead atoms. The number of esters is 3. The monoisotopic (exact) mass is 1060 g/mol. The Labute approximate surface area is 473 Å². The molecule has 6 heteroatoms. The number of carbonyl (C=O) groups excluding carboxylic acids is 3. The van der Waals surface area contributed by atoms with Crippen LogP contribution < -0.4 is 0 Å². The van der Waals surface area contributed by atoms with Gasteiger partial charge in [0, 0.05) is 19.3 Å². The molecule has 0 aliphatic heterocycles. The van der Waals surface area contributed by atoms with E-state index >= 15 is 0 Å². The second-order valence-electron chi connectivity index (χ2n) is 19.8. The number of hydrogen-bond donors (Lipinski definition) is 0. The van der Waals surface area contributed by atoms with Crippen molar-refractivity contribution in [3.05, 3.63) is 158 Å². The number of hydrogen-bond acceptors (Lipinski definition) is 6. The lowest BCUT2D eigenvalue weighted by Gasteiger charge is -2.18. The van der Waals surface area contributed by atoms with Crippen LogP contribution in [0, 0.1) is 0 Å². The van der Waals surface area contributed by atoms with Crippen LogP contribution in [0.3, 0.4) is 0 Å². The van der Waals surface area contributed by atoms with E-state index in [1.165, 1.54) is 44.9 Å². The molecule has 0 radical (unpaired) electrons. The lowest BCUT2D eigenvalue weighted by Crippen LogP contribution is -2.30. The topological polar surface area (TPSA) is 78.9 Å². The normalized spacial score (nSPS) is 13.2. The average molecular weight is 1060 g/mol. The van der Waals surface area contributed by atoms with E-state index in [1.54, 1.807) is 0 Å². The van der Waals surface area contributed by atoms with Crippen molar-refractivity contribution >= 4 is 17.9 Å². The smallest absolute Gasteiger partial charge is 0.306 e. The van der Waals surface area contributed by atoms with Crippen molar-refractivity contribution in [1.29, 1.82) is 0 Å². The lowest BCUT2D eigenvalue weighted by molar-refractivity contribution is -0.167. The molecule has 0 saturated heterocycles. The summed E-state index contributed by atoms with van der Waals surface area (Å²) in [5.74, 6) is -0.979. The van der Waals surface area contributed by atoms with Gasteiger partial charge in [0.25, 0.3) is 0 Å². The first kappa shape index (κ1) is 72.0. The molecule has 0 aliphatic carbocycles. The van der Waals surface area contributed by atoms with Crippen LogP contribution in [0.2, 0.25) is 0 Å². The summed E-state index contributed by atoms with van der Waals surface area (Å²) < 4.78 is 16.8. The van der Waals surface area contributed by atoms with Gasteiger partial charge in [0.15, 0.2) is 6.10 Å². The van der Waals surface area contributed by atoms with Crippen molar-refractivity contribution < 1.29 is 28.6 Å². The Morgan fingerprint density at radius 3 is 0.818 bits per heavy atom. The lowest BCUT2D eigenvalue weighted by atomic mass is 10.1. The number of ether oxygens (including phenoxy) is 3. The zero-order valence-corrected chi connectivity index (χ0v) is 49.4. The van der Waals surface area contributed by atoms with Crippen molar-refractivity contribution in [3.8, 4) is 0 Å². The van der Waals surface area contributed by atoms with Crippen LogP contribution in [0.15, 0.2) is 158 Å². The fourth-order valence-corrected chi connectivity index (χ4v) is 7.92. The Hall–Kier alpha value is -4.97. The van der Waals surface area contributed by atoms with E-state index in [2.05, 4.69) is 179 Å². The van der Waals surface area contributed by atoms with Crippen molar-refractivity contribution in [2.24, 2.45) is 0 Å². The molecular formula is C71H112O6. The van der Waals surface area contributed by atoms with Crippen LogP contribution in [-0.2, 0) is 28.6 Å². The third kappa shape index (κ3) is 61.8. The molecule has 0 aromatic heterocycles. The van der Waals surface area contributed by atoms with Crippen molar-refractivity contribution in [3.63, 3.8) is 0 Å². The summed E-state index contributed by atoms with van der Waals surface area (Å²) in [5.41, 5.74) is 0. The number of rotatable bonds is 54. The highest BCUT2D eigenvalue weighted by molar-refractivity contribution is 5.71. The SMILES string of the molecule is CC/C=C\C/C=C\C/C=C\C/C=C\C/C=C\C/C=C\CCCCC(=O)OC(COC(=O)CCCCCCC/C=C\C/C=C\CCC)COC(=O)CCCCCCCCCCC/C=C\C/C=C\C/C=C\C/C=C\C/C=C\CC. The largest absolute Gasteiger partial charge is 0.462 e. The summed E-state index contributed by atoms with van der Waals surface area (Å²) in [6.45, 7) is 6.29. The van der Waals surface area contributed by atoms with Crippen molar-refractivity contribution in [2.75, 3.05) is 13.2 Å². The molecule has 77 heavy (non-hydrogen) atoms. The average Bonchev–Trinajstić information content (AvgIpc) is 3.43. The maximum atomic E-state index is 12.9. The maximum Gasteiger partial charge on any atom is 0.306 e. The van der Waals surface area contributed by atoms with E-state index in [-0.39, 0.29) is 37.5 Å². The summed E-state index contributed by atoms with van der Waals surface area (Å²) in [6, 6.07) is 0. The van der Waals surface area contributed by atoms with Gasteiger partial charge in [0.2, 0.25) is 0 Å². The van der Waals surface area contributed by atoms with Crippen LogP contribution in [-0.4, -0.2) is 37.2 Å². The van der Waals surface area contributed by atoms with Gasteiger partial charge >= 0.3 is 17.9 Å². The van der Waals surface area contributed by atoms with E-state index in [0.29, 0.717) is 19.3 Å². The fraction of sp³-hybridized carbons (Fsp3) is 0.592. The van der Waals surface area contributed by atoms with Gasteiger partial charge in [-0.3, -0.25) is 14.4 Å². The molecule has 0 amide bonds. The summed E-state index contributed by atoms with van der Waals surface area (Å²) in [4.78, 5) is 38.3. The molecule has 1 unspecified atom stereocenters. The fourth-order valence-electron chi connectivity index (χ4n) is 7.92. The van der Waals surface area contributed by atoms with Crippen molar-refractivity contribution in [2.45, 2.75) is 258 Å². The molecule has 0 aromatic carbocycles. The van der Waals surface area contributed by atoms with Crippen molar-refractivity contribution in [1.82, 2.24) is 0 Å². The standard InChI is InChI=1S/C71H112O6/c1-4-7-10-13-16-19-22-25-27-29-31-33-34-35-36-38-39-41-43-46-49-52-55-58-61-64-70(73)76-67-68(66-75-69(72)63-60-57-54-51-48-45-24-21-18-15-12-9-6-3)77-71(74)65-62-59-56-53-50-47-44-42-40-37-32-30-28-26-23-20-17-14-11-8-5-2/h7-8,10-12,15-17,19-21,24-28,31-33,35-37,42,44,50,53,68H,4-6,9,13-14,18,22-23,29-30,34,38-41,43,45-49,51-52,54-67H2,1-3H3/b10-7-,11-8-,15-12-,19-16-,20-17-,24-21-,27-25-,28-26-,33-31-,36-35-,37-32-,44-42-,53-50-. The van der Waals surface area contributed by atoms with Crippen LogP contribution in [0.25, 0.3) is 0 Å². The first-order valence-electron chi connectivity index (χ1n) is 31.0. The molecule has 0 fully saturated rings. The quantitative estimate of drug-likeness (QED) is 0.0261. The molecular weight excluding hydrogens is 949 g/mol. The van der Waals surface area contributed by atoms with E-state index in [1.807, 2.05) is 0 Å². The molecule has 0 spiro atoms. The molecule has 0 heterocycles. The summed E-state index contributed by atoms with van der Waals surface area (Å²) >= 11 is 0. The minimum atomic E-state index is -0.818. The van der Waals surface area contributed by atoms with Gasteiger partial charge in [-0.15, -0.1) is 0 Å². The van der Waals surface area contributed by atoms with Gasteiger partial charge in [0.1, 0.15) is 13.2 Å². The Morgan fingerprint density at radius 2 is 0.506 bits per heavy atom. The van der Waals surface area contributed by atoms with Crippen LogP contribution in [0.1, 0.15) is 252 Å². The Morgan fingerprint density at radius 1 is 0.273 bits per heavy atom. The third-order valence-electron chi connectivity index (χ3n) is 12.5. The van der Waals surface area contributed by atoms with Crippen LogP contribution >= 0.6 is 0 Å². The minimum Gasteiger partial charge on any atom is -0.462 e. The molecule has 0 aliphatic rings. The molecule has 0 aromatic rings. The first-order valence-corrected chi connectivity index (χ1v) is 31.0. The summed E-state index contributed by atoms with van der Waals surface area (Å²) in [5, 5.41) is 0. The Kier molecular flexibility index (Phi) is 59.5. The highest BCUT2D eigenvalue weighted by Gasteiger charge is 2.19. The third-order valence-corrected chi connectivity index (χ3v) is 12.5. The minimum absolute atomic E-state index is 0.110. The predicted octanol–water partition coefficient (Wildman–Crippen LogP) is 21.3. The molecule has 0 rings (SSSR count). The number of unbranched alkanes of at least 4 members (excludes halogenated alkanes) is 17. The first-order chi connectivity index (χ1) is 38.0. The molecule has 432 valence electrons. The van der Waals surface area contributed by atoms with E-state index in [9.17, 15) is 14.4 Å². The van der Waals surface area contributed by atoms with Gasteiger partial charge in [-0.05, 0) is 141 Å².